The summed E-state index contributed by atoms with van der Waals surface area (Å²) in [6.07, 6.45) is -0.716. The van der Waals surface area contributed by atoms with Crippen LogP contribution in [-0.4, -0.2) is 17.1 Å². The van der Waals surface area contributed by atoms with E-state index in [4.69, 9.17) is 4.42 Å². The van der Waals surface area contributed by atoms with Gasteiger partial charge in [0, 0.05) is 18.0 Å². The number of hydrogen-bond acceptors (Lipinski definition) is 6. The molecule has 108 valence electrons. The number of aryl methyl sites for hydroxylation is 1. The van der Waals surface area contributed by atoms with Gasteiger partial charge in [0.05, 0.1) is 17.6 Å². The van der Waals surface area contributed by atoms with E-state index in [0.717, 1.165) is 11.5 Å². The Morgan fingerprint density at radius 1 is 1.55 bits per heavy atom. The van der Waals surface area contributed by atoms with E-state index in [0.29, 0.717) is 16.4 Å². The Labute approximate surface area is 120 Å². The molecule has 6 nitrogen and oxygen atoms in total. The van der Waals surface area contributed by atoms with E-state index in [1.54, 1.807) is 18.9 Å². The van der Waals surface area contributed by atoms with E-state index >= 15 is 0 Å². The summed E-state index contributed by atoms with van der Waals surface area (Å²) in [6.45, 7) is 3.88. The van der Waals surface area contributed by atoms with Crippen LogP contribution in [0, 0.1) is 17.0 Å². The van der Waals surface area contributed by atoms with Crippen molar-refractivity contribution in [3.63, 3.8) is 0 Å². The monoisotopic (exact) mass is 296 g/mol. The lowest BCUT2D eigenvalue weighted by molar-refractivity contribution is -0.383. The number of thiophene rings is 1. The fraction of sp³-hybridized carbons (Fsp3) is 0.385. The van der Waals surface area contributed by atoms with Crippen LogP contribution >= 0.6 is 11.3 Å². The van der Waals surface area contributed by atoms with Gasteiger partial charge in [0.2, 0.25) is 0 Å². The van der Waals surface area contributed by atoms with Crippen LogP contribution in [0.1, 0.15) is 29.4 Å². The third kappa shape index (κ3) is 3.00. The van der Waals surface area contributed by atoms with Gasteiger partial charge >= 0.3 is 5.69 Å². The average molecular weight is 296 g/mol. The molecule has 0 aliphatic rings. The average Bonchev–Trinajstić information content (AvgIpc) is 2.95. The van der Waals surface area contributed by atoms with Crippen LogP contribution in [0.5, 0.6) is 0 Å². The van der Waals surface area contributed by atoms with Gasteiger partial charge in [0.1, 0.15) is 11.5 Å². The summed E-state index contributed by atoms with van der Waals surface area (Å²) < 4.78 is 5.47. The molecule has 2 heterocycles. The van der Waals surface area contributed by atoms with Crippen molar-refractivity contribution in [2.75, 3.05) is 11.9 Å². The topological polar surface area (TPSA) is 79.8 Å². The van der Waals surface area contributed by atoms with Gasteiger partial charge in [-0.05, 0) is 26.0 Å². The summed E-state index contributed by atoms with van der Waals surface area (Å²) in [7, 11) is 1.77. The van der Waals surface area contributed by atoms with E-state index in [-0.39, 0.29) is 5.69 Å². The number of nitrogens with zero attached hydrogens (tertiary/aromatic N) is 2. The molecule has 0 saturated carbocycles. The van der Waals surface area contributed by atoms with Crippen LogP contribution in [0.25, 0.3) is 0 Å². The highest BCUT2D eigenvalue weighted by molar-refractivity contribution is 7.16. The van der Waals surface area contributed by atoms with Gasteiger partial charge in [-0.3, -0.25) is 10.1 Å². The molecule has 0 aliphatic heterocycles. The normalized spacial score (nSPS) is 12.4. The molecule has 1 atom stereocenters. The Kier molecular flexibility index (Phi) is 4.10. The number of rotatable bonds is 5. The van der Waals surface area contributed by atoms with Crippen molar-refractivity contribution < 1.29 is 14.4 Å². The first-order valence-electron chi connectivity index (χ1n) is 6.11. The predicted octanol–water partition coefficient (Wildman–Crippen LogP) is 3.25. The largest absolute Gasteiger partial charge is 0.464 e. The van der Waals surface area contributed by atoms with E-state index in [2.05, 4.69) is 0 Å². The summed E-state index contributed by atoms with van der Waals surface area (Å²) >= 11 is 1.22. The fourth-order valence-corrected chi connectivity index (χ4v) is 2.90. The molecule has 0 amide bonds. The predicted molar refractivity (Wildman–Crippen MR) is 77.2 cm³/mol. The molecule has 0 saturated heterocycles. The van der Waals surface area contributed by atoms with Gasteiger partial charge in [-0.2, -0.15) is 0 Å². The summed E-state index contributed by atoms with van der Waals surface area (Å²) in [5.74, 6) is 1.55. The second-order valence-corrected chi connectivity index (χ2v) is 5.70. The first kappa shape index (κ1) is 14.5. The smallest absolute Gasteiger partial charge is 0.304 e. The zero-order chi connectivity index (χ0) is 14.9. The summed E-state index contributed by atoms with van der Waals surface area (Å²) in [5, 5.41) is 21.2. The van der Waals surface area contributed by atoms with Crippen molar-refractivity contribution in [1.82, 2.24) is 0 Å². The lowest BCUT2D eigenvalue weighted by Crippen LogP contribution is -2.15. The number of aliphatic hydroxyl groups is 1. The summed E-state index contributed by atoms with van der Waals surface area (Å²) in [4.78, 5) is 13.0. The highest BCUT2D eigenvalue weighted by Gasteiger charge is 2.24. The Morgan fingerprint density at radius 3 is 2.75 bits per heavy atom. The van der Waals surface area contributed by atoms with E-state index in [1.807, 2.05) is 19.1 Å². The van der Waals surface area contributed by atoms with Crippen LogP contribution < -0.4 is 4.90 Å². The molecule has 1 N–H and O–H groups in total. The molecule has 0 radical (unpaired) electrons. The molecular formula is C13H16N2O4S. The van der Waals surface area contributed by atoms with E-state index in [9.17, 15) is 15.2 Å². The Morgan fingerprint density at radius 2 is 2.25 bits per heavy atom. The minimum absolute atomic E-state index is 0.0108. The molecule has 0 aliphatic carbocycles. The third-order valence-electron chi connectivity index (χ3n) is 2.86. The van der Waals surface area contributed by atoms with Gasteiger partial charge in [0.25, 0.3) is 0 Å². The first-order chi connectivity index (χ1) is 9.38. The summed E-state index contributed by atoms with van der Waals surface area (Å²) in [5.41, 5.74) is 0.0108. The van der Waals surface area contributed by atoms with Crippen molar-refractivity contribution in [3.8, 4) is 0 Å². The maximum atomic E-state index is 11.1. The molecule has 0 spiro atoms. The lowest BCUT2D eigenvalue weighted by atomic mass is 10.3. The fourth-order valence-electron chi connectivity index (χ4n) is 1.88. The van der Waals surface area contributed by atoms with Gasteiger partial charge < -0.3 is 14.4 Å². The van der Waals surface area contributed by atoms with Crippen molar-refractivity contribution in [2.24, 2.45) is 0 Å². The second-order valence-electron chi connectivity index (χ2n) is 4.64. The van der Waals surface area contributed by atoms with Crippen LogP contribution in [0.4, 0.5) is 10.7 Å². The molecule has 0 bridgehead atoms. The number of furan rings is 1. The molecule has 2 aromatic heterocycles. The van der Waals surface area contributed by atoms with Gasteiger partial charge in [-0.1, -0.05) is 0 Å². The van der Waals surface area contributed by atoms with Crippen LogP contribution in [0.2, 0.25) is 0 Å². The molecule has 7 heteroatoms. The SMILES string of the molecule is Cc1ccc(CN(C)c2sc([C@@H](C)O)cc2[N+](=O)[O-])o1. The first-order valence-corrected chi connectivity index (χ1v) is 6.92. The van der Waals surface area contributed by atoms with Crippen molar-refractivity contribution in [3.05, 3.63) is 44.7 Å². The zero-order valence-corrected chi connectivity index (χ0v) is 12.3. The van der Waals surface area contributed by atoms with Gasteiger partial charge in [0.15, 0.2) is 5.00 Å². The Balaban J connectivity index is 2.28. The molecule has 2 rings (SSSR count). The van der Waals surface area contributed by atoms with E-state index < -0.39 is 11.0 Å². The van der Waals surface area contributed by atoms with Crippen LogP contribution in [0.3, 0.4) is 0 Å². The van der Waals surface area contributed by atoms with Gasteiger partial charge in [-0.15, -0.1) is 11.3 Å². The summed E-state index contributed by atoms with van der Waals surface area (Å²) in [6, 6.07) is 5.13. The highest BCUT2D eigenvalue weighted by atomic mass is 32.1. The second kappa shape index (κ2) is 5.64. The number of anilines is 1. The maximum Gasteiger partial charge on any atom is 0.304 e. The van der Waals surface area contributed by atoms with Crippen molar-refractivity contribution in [2.45, 2.75) is 26.5 Å². The van der Waals surface area contributed by atoms with Crippen LogP contribution in [0.15, 0.2) is 22.6 Å². The number of nitro groups is 1. The molecule has 0 unspecified atom stereocenters. The van der Waals surface area contributed by atoms with Crippen LogP contribution in [-0.2, 0) is 6.54 Å². The standard InChI is InChI=1S/C13H16N2O4S/c1-8-4-5-10(19-8)7-14(3)13-11(15(17)18)6-12(20-13)9(2)16/h4-6,9,16H,7H2,1-3H3/t9-/m1/s1. The molecule has 20 heavy (non-hydrogen) atoms. The maximum absolute atomic E-state index is 11.1. The molecule has 0 aromatic carbocycles. The Hall–Kier alpha value is -1.86. The molecule has 0 fully saturated rings. The van der Waals surface area contributed by atoms with E-state index in [1.165, 1.54) is 17.4 Å². The minimum atomic E-state index is -0.716. The number of aliphatic hydroxyl groups excluding tert-OH is 1. The van der Waals surface area contributed by atoms with Gasteiger partial charge in [-0.25, -0.2) is 0 Å². The third-order valence-corrected chi connectivity index (χ3v) is 4.27. The quantitative estimate of drug-likeness (QED) is 0.676. The molecule has 2 aromatic rings. The zero-order valence-electron chi connectivity index (χ0n) is 11.5. The van der Waals surface area contributed by atoms with Crippen molar-refractivity contribution in [1.29, 1.82) is 0 Å². The highest BCUT2D eigenvalue weighted by Crippen LogP contribution is 2.40. The Bertz CT molecular complexity index is 618. The lowest BCUT2D eigenvalue weighted by Gasteiger charge is -2.14. The minimum Gasteiger partial charge on any atom is -0.464 e. The molecular weight excluding hydrogens is 280 g/mol. The number of hydrogen-bond donors (Lipinski definition) is 1. The van der Waals surface area contributed by atoms with Crippen molar-refractivity contribution >= 4 is 22.0 Å².